The Labute approximate surface area is 429 Å². The van der Waals surface area contributed by atoms with Gasteiger partial charge in [-0.2, -0.15) is 0 Å². The number of hydrogen-bond donors (Lipinski definition) is 13. The molecule has 2 aromatic carbocycles. The standard InChI is InChI=1S/C49H73N13O12/c1-26(2)20-31(50)41(66)57-33(21-27(3)4)42(67)58-35(24-39(51)64)44(69)59-36(25-40(52)65)45(70)61-37(23-28-10-6-5-7-11-28)47(72)62-19-9-13-38(62)46(71)60-34(22-29-14-16-30(63)17-15-29)43(68)56-32(48(73)74)12-8-18-55-49(53)54/h5-7,10-11,14-17,26-27,31-38,63H,8-9,12-13,18-25,50H2,1-4H3,(H2,51,64)(H2,52,65)(H,56,68)(H,57,66)(H,58,67)(H,59,69)(H,60,71)(H,61,70)(H,73,74)(H4,53,54,55)/t31-,32-,33-,34-,35-,36-,37-,38-/m0/s1. The van der Waals surface area contributed by atoms with E-state index in [4.69, 9.17) is 28.7 Å². The first-order valence-electron chi connectivity index (χ1n) is 24.4. The highest BCUT2D eigenvalue weighted by Crippen LogP contribution is 2.21. The van der Waals surface area contributed by atoms with Crippen LogP contribution in [0.15, 0.2) is 59.6 Å². The summed E-state index contributed by atoms with van der Waals surface area (Å²) in [6, 6.07) is 3.03. The second-order valence-electron chi connectivity index (χ2n) is 19.1. The lowest BCUT2D eigenvalue weighted by Gasteiger charge is -2.31. The van der Waals surface area contributed by atoms with Gasteiger partial charge in [0, 0.05) is 25.9 Å². The summed E-state index contributed by atoms with van der Waals surface area (Å²) in [5.41, 5.74) is 28.8. The van der Waals surface area contributed by atoms with Crippen molar-refractivity contribution in [3.63, 3.8) is 0 Å². The number of carboxylic acid groups (broad SMARTS) is 1. The number of nitrogens with zero attached hydrogens (tertiary/aromatic N) is 2. The van der Waals surface area contributed by atoms with Gasteiger partial charge in [0.25, 0.3) is 0 Å². The SMILES string of the molecule is CC(C)C[C@H](NC(=O)[C@@H](N)CC(C)C)C(=O)N[C@@H](CC(N)=O)C(=O)N[C@@H](CC(N)=O)C(=O)N[C@@H](Cc1ccccc1)C(=O)N1CCC[C@H]1C(=O)N[C@@H](Cc1ccc(O)cc1)C(=O)N[C@@H](CCCN=C(N)N)C(=O)O. The average molecular weight is 1040 g/mol. The van der Waals surface area contributed by atoms with E-state index in [2.05, 4.69) is 36.9 Å². The molecule has 0 saturated carbocycles. The molecule has 0 radical (unpaired) electrons. The van der Waals surface area contributed by atoms with Crippen LogP contribution in [-0.4, -0.2) is 142 Å². The number of guanidine groups is 1. The molecule has 9 amide bonds. The van der Waals surface area contributed by atoms with E-state index < -0.39 is 120 Å². The third-order valence-electron chi connectivity index (χ3n) is 11.8. The van der Waals surface area contributed by atoms with E-state index in [9.17, 15) is 58.2 Å². The van der Waals surface area contributed by atoms with Gasteiger partial charge in [0.2, 0.25) is 53.2 Å². The number of aliphatic imine (C=N–C) groups is 1. The molecule has 0 aromatic heterocycles. The fourth-order valence-electron chi connectivity index (χ4n) is 8.17. The van der Waals surface area contributed by atoms with E-state index in [1.807, 2.05) is 13.8 Å². The molecule has 1 aliphatic heterocycles. The number of nitrogens with two attached hydrogens (primary N) is 5. The van der Waals surface area contributed by atoms with E-state index in [0.29, 0.717) is 24.0 Å². The Bertz CT molecular complexity index is 2310. The summed E-state index contributed by atoms with van der Waals surface area (Å²) < 4.78 is 0. The fraction of sp³-hybridized carbons (Fsp3) is 0.531. The third kappa shape index (κ3) is 20.7. The molecule has 1 saturated heterocycles. The number of carboxylic acids is 1. The molecule has 0 aliphatic carbocycles. The van der Waals surface area contributed by atoms with Gasteiger partial charge in [-0.1, -0.05) is 70.2 Å². The van der Waals surface area contributed by atoms with Gasteiger partial charge in [0.05, 0.1) is 18.9 Å². The first-order chi connectivity index (χ1) is 34.8. The summed E-state index contributed by atoms with van der Waals surface area (Å²) in [6.45, 7) is 7.41. The van der Waals surface area contributed by atoms with Gasteiger partial charge in [0.15, 0.2) is 5.96 Å². The molecular formula is C49H73N13O12. The van der Waals surface area contributed by atoms with Crippen LogP contribution in [-0.2, 0) is 60.8 Å². The number of phenolic OH excluding ortho intramolecular Hbond substituents is 1. The highest BCUT2D eigenvalue weighted by atomic mass is 16.4. The van der Waals surface area contributed by atoms with Gasteiger partial charge in [-0.3, -0.25) is 48.1 Å². The number of amides is 9. The maximum Gasteiger partial charge on any atom is 0.326 e. The van der Waals surface area contributed by atoms with E-state index in [0.717, 1.165) is 0 Å². The predicted molar refractivity (Wildman–Crippen MR) is 270 cm³/mol. The van der Waals surface area contributed by atoms with Crippen molar-refractivity contribution in [1.29, 1.82) is 0 Å². The summed E-state index contributed by atoms with van der Waals surface area (Å²) in [7, 11) is 0. The number of aliphatic carboxylic acids is 1. The molecule has 0 unspecified atom stereocenters. The first-order valence-corrected chi connectivity index (χ1v) is 24.4. The number of likely N-dealkylation sites (tertiary alicyclic amines) is 1. The molecule has 406 valence electrons. The maximum atomic E-state index is 14.7. The average Bonchev–Trinajstić information content (AvgIpc) is 3.82. The lowest BCUT2D eigenvalue weighted by molar-refractivity contribution is -0.144. The summed E-state index contributed by atoms with van der Waals surface area (Å²) in [4.78, 5) is 139. The molecule has 3 rings (SSSR count). The van der Waals surface area contributed by atoms with Crippen LogP contribution in [0.25, 0.3) is 0 Å². The Morgan fingerprint density at radius 2 is 1.11 bits per heavy atom. The second-order valence-corrected chi connectivity index (χ2v) is 19.1. The number of carbonyl (C=O) groups excluding carboxylic acids is 9. The Kier molecular flexibility index (Phi) is 24.2. The molecule has 0 bridgehead atoms. The normalized spacial score (nSPS) is 16.0. The van der Waals surface area contributed by atoms with Crippen LogP contribution in [0.4, 0.5) is 0 Å². The number of carbonyl (C=O) groups is 10. The monoisotopic (exact) mass is 1040 g/mol. The number of benzene rings is 2. The summed E-state index contributed by atoms with van der Waals surface area (Å²) in [5.74, 6) is -9.93. The highest BCUT2D eigenvalue weighted by molar-refractivity contribution is 6.00. The molecule has 1 aliphatic rings. The van der Waals surface area contributed by atoms with Gasteiger partial charge in [-0.15, -0.1) is 0 Å². The van der Waals surface area contributed by atoms with Crippen LogP contribution in [0.5, 0.6) is 5.75 Å². The minimum atomic E-state index is -1.79. The molecular weight excluding hydrogens is 963 g/mol. The second kappa shape index (κ2) is 29.6. The number of aromatic hydroxyl groups is 1. The summed E-state index contributed by atoms with van der Waals surface area (Å²) in [6.07, 6.45) is -0.968. The smallest absolute Gasteiger partial charge is 0.326 e. The number of primary amides is 2. The Balaban J connectivity index is 1.92. The third-order valence-corrected chi connectivity index (χ3v) is 11.8. The first kappa shape index (κ1) is 60.5. The Morgan fingerprint density at radius 3 is 1.64 bits per heavy atom. The van der Waals surface area contributed by atoms with Crippen molar-refractivity contribution in [2.75, 3.05) is 13.1 Å². The summed E-state index contributed by atoms with van der Waals surface area (Å²) >= 11 is 0. The lowest BCUT2D eigenvalue weighted by Crippen LogP contribution is -2.61. The van der Waals surface area contributed by atoms with E-state index in [1.165, 1.54) is 29.2 Å². The fourth-order valence-corrected chi connectivity index (χ4v) is 8.17. The minimum absolute atomic E-state index is 0.0155. The van der Waals surface area contributed by atoms with Crippen molar-refractivity contribution in [2.45, 2.75) is 140 Å². The number of nitrogens with one attached hydrogen (secondary N) is 6. The largest absolute Gasteiger partial charge is 0.508 e. The predicted octanol–water partition coefficient (Wildman–Crippen LogP) is -2.61. The zero-order valence-corrected chi connectivity index (χ0v) is 42.2. The van der Waals surface area contributed by atoms with Crippen molar-refractivity contribution in [2.24, 2.45) is 45.5 Å². The van der Waals surface area contributed by atoms with Crippen molar-refractivity contribution >= 4 is 65.1 Å². The molecule has 25 nitrogen and oxygen atoms in total. The molecule has 2 aromatic rings. The molecule has 1 fully saturated rings. The van der Waals surface area contributed by atoms with Crippen LogP contribution in [0.2, 0.25) is 0 Å². The van der Waals surface area contributed by atoms with Crippen molar-refractivity contribution in [3.05, 3.63) is 65.7 Å². The molecule has 25 heteroatoms. The number of phenols is 1. The van der Waals surface area contributed by atoms with E-state index in [-0.39, 0.29) is 75.2 Å². The molecule has 1 heterocycles. The molecule has 0 spiro atoms. The van der Waals surface area contributed by atoms with Crippen molar-refractivity contribution in [1.82, 2.24) is 36.8 Å². The van der Waals surface area contributed by atoms with Gasteiger partial charge in [-0.25, -0.2) is 4.79 Å². The quantitative estimate of drug-likeness (QED) is 0.0217. The van der Waals surface area contributed by atoms with Gasteiger partial charge in [0.1, 0.15) is 48.0 Å². The van der Waals surface area contributed by atoms with Crippen LogP contribution < -0.4 is 60.6 Å². The number of hydrogen-bond acceptors (Lipinski definition) is 13. The van der Waals surface area contributed by atoms with Gasteiger partial charge < -0.3 is 75.7 Å². The van der Waals surface area contributed by atoms with E-state index in [1.54, 1.807) is 44.2 Å². The Hall–Kier alpha value is -7.83. The van der Waals surface area contributed by atoms with Crippen LogP contribution in [0.1, 0.15) is 90.2 Å². The summed E-state index contributed by atoms with van der Waals surface area (Å²) in [5, 5.41) is 34.9. The van der Waals surface area contributed by atoms with Crippen molar-refractivity contribution in [3.8, 4) is 5.75 Å². The molecule has 18 N–H and O–H groups in total. The highest BCUT2D eigenvalue weighted by Gasteiger charge is 2.41. The number of rotatable bonds is 30. The minimum Gasteiger partial charge on any atom is -0.508 e. The van der Waals surface area contributed by atoms with Crippen LogP contribution in [0, 0.1) is 11.8 Å². The van der Waals surface area contributed by atoms with E-state index >= 15 is 0 Å². The molecule has 74 heavy (non-hydrogen) atoms. The zero-order valence-electron chi connectivity index (χ0n) is 42.2. The Morgan fingerprint density at radius 1 is 0.622 bits per heavy atom. The molecule has 8 atom stereocenters. The maximum absolute atomic E-state index is 14.7. The van der Waals surface area contributed by atoms with Crippen LogP contribution in [0.3, 0.4) is 0 Å². The van der Waals surface area contributed by atoms with Crippen molar-refractivity contribution < 1.29 is 58.2 Å². The van der Waals surface area contributed by atoms with Gasteiger partial charge in [-0.05, 0) is 73.6 Å². The topological polar surface area (TPSA) is 429 Å². The zero-order chi connectivity index (χ0) is 55.2. The lowest BCUT2D eigenvalue weighted by atomic mass is 10.00. The van der Waals surface area contributed by atoms with Crippen LogP contribution >= 0.6 is 0 Å². The van der Waals surface area contributed by atoms with Gasteiger partial charge >= 0.3 is 5.97 Å².